The number of fused-ring (bicyclic) bond motifs is 5. The van der Waals surface area contributed by atoms with Gasteiger partial charge >= 0.3 is 0 Å². The second-order valence-electron chi connectivity index (χ2n) is 5.73. The summed E-state index contributed by atoms with van der Waals surface area (Å²) in [7, 11) is 0. The van der Waals surface area contributed by atoms with Gasteiger partial charge in [-0.15, -0.1) is 0 Å². The lowest BCUT2D eigenvalue weighted by atomic mass is 10.0. The molecule has 0 aliphatic carbocycles. The number of carbonyl (C=O) groups is 2. The van der Waals surface area contributed by atoms with E-state index in [1.54, 1.807) is 28.0 Å². The van der Waals surface area contributed by atoms with Gasteiger partial charge in [0, 0.05) is 24.3 Å². The highest BCUT2D eigenvalue weighted by Crippen LogP contribution is 2.44. The number of carbonyl (C=O) groups excluding carboxylic acids is 2. The van der Waals surface area contributed by atoms with Gasteiger partial charge in [0.15, 0.2) is 0 Å². The number of benzene rings is 2. The van der Waals surface area contributed by atoms with Crippen LogP contribution in [0.25, 0.3) is 0 Å². The monoisotopic (exact) mass is 308 g/mol. The van der Waals surface area contributed by atoms with E-state index >= 15 is 0 Å². The maximum Gasteiger partial charge on any atom is 0.260 e. The van der Waals surface area contributed by atoms with Crippen molar-refractivity contribution in [1.29, 1.82) is 0 Å². The molecular formula is C18H16N2O3. The van der Waals surface area contributed by atoms with Crippen LogP contribution in [-0.4, -0.2) is 35.0 Å². The maximum absolute atomic E-state index is 12.9. The highest BCUT2D eigenvalue weighted by atomic mass is 16.3. The standard InChI is InChI=1S/C18H16N2O3/c21-11-5-10-19-16-12-6-1-2-7-13(12)18(23)20(16)15-9-4-3-8-14(15)17(19)22/h1-4,6-9,16,21H,5,10-11H2/t16-/m0/s1. The first-order valence-electron chi connectivity index (χ1n) is 7.67. The van der Waals surface area contributed by atoms with Crippen molar-refractivity contribution in [3.8, 4) is 0 Å². The van der Waals surface area contributed by atoms with Gasteiger partial charge in [-0.3, -0.25) is 14.5 Å². The first kappa shape index (κ1) is 14.0. The van der Waals surface area contributed by atoms with Crippen LogP contribution < -0.4 is 4.90 Å². The number of aliphatic hydroxyl groups excluding tert-OH is 1. The fourth-order valence-corrected chi connectivity index (χ4v) is 3.44. The molecule has 0 fully saturated rings. The van der Waals surface area contributed by atoms with Gasteiger partial charge in [-0.1, -0.05) is 30.3 Å². The molecule has 2 aromatic carbocycles. The van der Waals surface area contributed by atoms with Crippen LogP contribution in [0.1, 0.15) is 38.9 Å². The summed E-state index contributed by atoms with van der Waals surface area (Å²) < 4.78 is 0. The van der Waals surface area contributed by atoms with E-state index in [1.807, 2.05) is 30.3 Å². The quantitative estimate of drug-likeness (QED) is 0.945. The van der Waals surface area contributed by atoms with Crippen molar-refractivity contribution in [2.24, 2.45) is 0 Å². The molecule has 116 valence electrons. The first-order valence-corrected chi connectivity index (χ1v) is 7.67. The smallest absolute Gasteiger partial charge is 0.260 e. The first-order chi connectivity index (χ1) is 11.2. The average Bonchev–Trinajstić information content (AvgIpc) is 2.89. The Labute approximate surface area is 133 Å². The lowest BCUT2D eigenvalue weighted by Gasteiger charge is -2.40. The fourth-order valence-electron chi connectivity index (χ4n) is 3.44. The van der Waals surface area contributed by atoms with Crippen LogP contribution in [-0.2, 0) is 0 Å². The molecule has 0 saturated heterocycles. The van der Waals surface area contributed by atoms with Crippen LogP contribution in [0.15, 0.2) is 48.5 Å². The largest absolute Gasteiger partial charge is 0.396 e. The highest BCUT2D eigenvalue weighted by Gasteiger charge is 2.47. The van der Waals surface area contributed by atoms with Gasteiger partial charge in [-0.05, 0) is 24.6 Å². The Morgan fingerprint density at radius 3 is 2.39 bits per heavy atom. The molecule has 2 heterocycles. The van der Waals surface area contributed by atoms with Crippen LogP contribution >= 0.6 is 0 Å². The van der Waals surface area contributed by atoms with E-state index in [9.17, 15) is 9.59 Å². The zero-order valence-corrected chi connectivity index (χ0v) is 12.5. The molecule has 1 atom stereocenters. The Morgan fingerprint density at radius 1 is 0.913 bits per heavy atom. The number of aliphatic hydroxyl groups is 1. The third kappa shape index (κ3) is 1.90. The summed E-state index contributed by atoms with van der Waals surface area (Å²) in [6, 6.07) is 14.6. The zero-order chi connectivity index (χ0) is 16.0. The number of para-hydroxylation sites is 1. The minimum atomic E-state index is -0.423. The Hall–Kier alpha value is -2.66. The molecular weight excluding hydrogens is 292 g/mol. The van der Waals surface area contributed by atoms with E-state index in [0.29, 0.717) is 29.8 Å². The van der Waals surface area contributed by atoms with Crippen LogP contribution in [0.5, 0.6) is 0 Å². The van der Waals surface area contributed by atoms with Gasteiger partial charge in [0.2, 0.25) is 0 Å². The molecule has 1 N–H and O–H groups in total. The lowest BCUT2D eigenvalue weighted by Crippen LogP contribution is -2.48. The summed E-state index contributed by atoms with van der Waals surface area (Å²) in [4.78, 5) is 29.1. The van der Waals surface area contributed by atoms with Crippen LogP contribution in [0.2, 0.25) is 0 Å². The Bertz CT molecular complexity index is 802. The summed E-state index contributed by atoms with van der Waals surface area (Å²) in [5.74, 6) is -0.181. The number of nitrogens with zero attached hydrogens (tertiary/aromatic N) is 2. The summed E-state index contributed by atoms with van der Waals surface area (Å²) in [5, 5.41) is 9.15. The van der Waals surface area contributed by atoms with Crippen molar-refractivity contribution in [1.82, 2.24) is 4.90 Å². The van der Waals surface area contributed by atoms with E-state index in [1.165, 1.54) is 0 Å². The predicted molar refractivity (Wildman–Crippen MR) is 85.2 cm³/mol. The van der Waals surface area contributed by atoms with Crippen LogP contribution in [0.3, 0.4) is 0 Å². The molecule has 4 rings (SSSR count). The Balaban J connectivity index is 1.91. The van der Waals surface area contributed by atoms with E-state index in [0.717, 1.165) is 5.56 Å². The molecule has 0 spiro atoms. The fraction of sp³-hybridized carbons (Fsp3) is 0.222. The number of anilines is 1. The normalized spacial score (nSPS) is 18.7. The molecule has 0 radical (unpaired) electrons. The molecule has 23 heavy (non-hydrogen) atoms. The third-order valence-corrected chi connectivity index (χ3v) is 4.44. The molecule has 2 aliphatic rings. The van der Waals surface area contributed by atoms with Crippen molar-refractivity contribution in [2.45, 2.75) is 12.6 Å². The molecule has 2 aliphatic heterocycles. The molecule has 5 heteroatoms. The van der Waals surface area contributed by atoms with Gasteiger partial charge in [0.25, 0.3) is 11.8 Å². The SMILES string of the molecule is O=C1c2ccccc2N2C(=O)c3ccccc3[C@H]2N1CCCO. The number of hydrogen-bond acceptors (Lipinski definition) is 3. The number of rotatable bonds is 3. The highest BCUT2D eigenvalue weighted by molar-refractivity contribution is 6.16. The minimum Gasteiger partial charge on any atom is -0.396 e. The maximum atomic E-state index is 12.9. The van der Waals surface area contributed by atoms with Crippen LogP contribution in [0, 0.1) is 0 Å². The van der Waals surface area contributed by atoms with E-state index in [2.05, 4.69) is 0 Å². The zero-order valence-electron chi connectivity index (χ0n) is 12.5. The lowest BCUT2D eigenvalue weighted by molar-refractivity contribution is 0.0633. The number of amides is 2. The topological polar surface area (TPSA) is 60.9 Å². The van der Waals surface area contributed by atoms with E-state index in [4.69, 9.17) is 5.11 Å². The van der Waals surface area contributed by atoms with E-state index < -0.39 is 6.17 Å². The van der Waals surface area contributed by atoms with Crippen LogP contribution in [0.4, 0.5) is 5.69 Å². The molecule has 2 amide bonds. The molecule has 0 aromatic heterocycles. The van der Waals surface area contributed by atoms with Crippen molar-refractivity contribution in [3.63, 3.8) is 0 Å². The molecule has 0 unspecified atom stereocenters. The minimum absolute atomic E-state index is 0.00768. The molecule has 0 bridgehead atoms. The summed E-state index contributed by atoms with van der Waals surface area (Å²) in [6.45, 7) is 0.417. The van der Waals surface area contributed by atoms with Crippen molar-refractivity contribution in [3.05, 3.63) is 65.2 Å². The van der Waals surface area contributed by atoms with Crippen molar-refractivity contribution >= 4 is 17.5 Å². The number of hydrogen-bond donors (Lipinski definition) is 1. The second-order valence-corrected chi connectivity index (χ2v) is 5.73. The Kier molecular flexibility index (Phi) is 3.16. The average molecular weight is 308 g/mol. The van der Waals surface area contributed by atoms with Gasteiger partial charge in [0.05, 0.1) is 11.3 Å². The Morgan fingerprint density at radius 2 is 1.61 bits per heavy atom. The summed E-state index contributed by atoms with van der Waals surface area (Å²) in [5.41, 5.74) is 2.67. The predicted octanol–water partition coefficient (Wildman–Crippen LogP) is 2.18. The second kappa shape index (κ2) is 5.21. The van der Waals surface area contributed by atoms with E-state index in [-0.39, 0.29) is 18.4 Å². The van der Waals surface area contributed by atoms with Gasteiger partial charge < -0.3 is 10.0 Å². The summed E-state index contributed by atoms with van der Waals surface area (Å²) in [6.07, 6.45) is 0.0573. The van der Waals surface area contributed by atoms with Crippen molar-refractivity contribution in [2.75, 3.05) is 18.1 Å². The third-order valence-electron chi connectivity index (χ3n) is 4.44. The molecule has 2 aromatic rings. The summed E-state index contributed by atoms with van der Waals surface area (Å²) >= 11 is 0. The van der Waals surface area contributed by atoms with Crippen molar-refractivity contribution < 1.29 is 14.7 Å². The van der Waals surface area contributed by atoms with Gasteiger partial charge in [0.1, 0.15) is 6.17 Å². The van der Waals surface area contributed by atoms with Gasteiger partial charge in [-0.25, -0.2) is 0 Å². The molecule has 5 nitrogen and oxygen atoms in total. The van der Waals surface area contributed by atoms with Gasteiger partial charge in [-0.2, -0.15) is 0 Å². The molecule has 0 saturated carbocycles.